The van der Waals surface area contributed by atoms with E-state index in [9.17, 15) is 10.1 Å². The van der Waals surface area contributed by atoms with Crippen LogP contribution in [-0.2, 0) is 13.1 Å². The predicted molar refractivity (Wildman–Crippen MR) is 78.2 cm³/mol. The van der Waals surface area contributed by atoms with Crippen molar-refractivity contribution in [3.8, 4) is 5.75 Å². The maximum absolute atomic E-state index is 10.8. The second kappa shape index (κ2) is 6.85. The third-order valence-corrected chi connectivity index (χ3v) is 3.12. The quantitative estimate of drug-likeness (QED) is 0.623. The minimum absolute atomic E-state index is 0.0224. The Morgan fingerprint density at radius 3 is 2.95 bits per heavy atom. The monoisotopic (exact) mass is 290 g/mol. The zero-order chi connectivity index (χ0) is 15.2. The van der Waals surface area contributed by atoms with Crippen LogP contribution in [0.1, 0.15) is 12.5 Å². The fourth-order valence-corrected chi connectivity index (χ4v) is 2.03. The van der Waals surface area contributed by atoms with E-state index in [1.54, 1.807) is 18.3 Å². The third-order valence-electron chi connectivity index (χ3n) is 3.12. The highest BCUT2D eigenvalue weighted by Gasteiger charge is 2.14. The molecule has 7 heteroatoms. The molecule has 2 rings (SSSR count). The lowest BCUT2D eigenvalue weighted by Gasteiger charge is -2.14. The summed E-state index contributed by atoms with van der Waals surface area (Å²) in [6.07, 6.45) is 3.65. The largest absolute Gasteiger partial charge is 0.490 e. The number of nitrogens with zero attached hydrogens (tertiary/aromatic N) is 3. The normalized spacial score (nSPS) is 12.1. The molecule has 0 spiro atoms. The second-order valence-electron chi connectivity index (χ2n) is 4.77. The highest BCUT2D eigenvalue weighted by molar-refractivity contribution is 5.48. The first-order valence-corrected chi connectivity index (χ1v) is 6.62. The first-order valence-electron chi connectivity index (χ1n) is 6.62. The first-order chi connectivity index (χ1) is 10.1. The van der Waals surface area contributed by atoms with Gasteiger partial charge in [0.1, 0.15) is 0 Å². The molecule has 112 valence electrons. The summed E-state index contributed by atoms with van der Waals surface area (Å²) in [5.41, 5.74) is 0.913. The van der Waals surface area contributed by atoms with Crippen LogP contribution in [0.15, 0.2) is 36.7 Å². The first kappa shape index (κ1) is 15.0. The number of benzene rings is 1. The molecule has 0 aliphatic rings. The minimum Gasteiger partial charge on any atom is -0.490 e. The second-order valence-corrected chi connectivity index (χ2v) is 4.77. The Hall–Kier alpha value is -2.41. The van der Waals surface area contributed by atoms with E-state index < -0.39 is 4.92 Å². The number of aromatic nitrogens is 2. The Balaban J connectivity index is 1.95. The van der Waals surface area contributed by atoms with Crippen molar-refractivity contribution >= 4 is 5.69 Å². The lowest BCUT2D eigenvalue weighted by Crippen LogP contribution is -2.30. The highest BCUT2D eigenvalue weighted by Crippen LogP contribution is 2.27. The SMILES string of the molecule is COc1cc(CN[C@@H](C)Cn2cccn2)ccc1[N+](=O)[O-]. The Bertz CT molecular complexity index is 598. The van der Waals surface area contributed by atoms with Gasteiger partial charge in [0, 0.05) is 31.0 Å². The van der Waals surface area contributed by atoms with Crippen LogP contribution in [0.4, 0.5) is 5.69 Å². The molecule has 1 N–H and O–H groups in total. The van der Waals surface area contributed by atoms with Crippen molar-refractivity contribution in [3.05, 3.63) is 52.3 Å². The van der Waals surface area contributed by atoms with Crippen molar-refractivity contribution in [3.63, 3.8) is 0 Å². The van der Waals surface area contributed by atoms with Gasteiger partial charge in [0.2, 0.25) is 0 Å². The molecule has 0 radical (unpaired) electrons. The number of ether oxygens (including phenoxy) is 1. The van der Waals surface area contributed by atoms with E-state index in [0.29, 0.717) is 6.54 Å². The smallest absolute Gasteiger partial charge is 0.310 e. The molecular weight excluding hydrogens is 272 g/mol. The summed E-state index contributed by atoms with van der Waals surface area (Å²) in [4.78, 5) is 10.4. The van der Waals surface area contributed by atoms with Crippen LogP contribution in [0, 0.1) is 10.1 Å². The molecule has 21 heavy (non-hydrogen) atoms. The standard InChI is InChI=1S/C14H18N4O3/c1-11(10-17-7-3-6-16-17)15-9-12-4-5-13(18(19)20)14(8-12)21-2/h3-8,11,15H,9-10H2,1-2H3/t11-/m0/s1. The van der Waals surface area contributed by atoms with Gasteiger partial charge in [-0.2, -0.15) is 5.10 Å². The molecule has 0 saturated carbocycles. The van der Waals surface area contributed by atoms with Crippen molar-refractivity contribution in [2.24, 2.45) is 0 Å². The van der Waals surface area contributed by atoms with E-state index in [1.807, 2.05) is 16.9 Å². The Morgan fingerprint density at radius 2 is 2.33 bits per heavy atom. The Labute approximate surface area is 122 Å². The summed E-state index contributed by atoms with van der Waals surface area (Å²) in [5.74, 6) is 0.277. The zero-order valence-corrected chi connectivity index (χ0v) is 12.0. The molecule has 0 saturated heterocycles. The summed E-state index contributed by atoms with van der Waals surface area (Å²) in [6, 6.07) is 6.99. The molecule has 2 aromatic rings. The average Bonchev–Trinajstić information content (AvgIpc) is 2.97. The molecule has 0 amide bonds. The molecule has 0 aliphatic carbocycles. The van der Waals surface area contributed by atoms with Gasteiger partial charge in [-0.25, -0.2) is 0 Å². The third kappa shape index (κ3) is 4.03. The van der Waals surface area contributed by atoms with Crippen LogP contribution in [0.25, 0.3) is 0 Å². The van der Waals surface area contributed by atoms with Crippen molar-refractivity contribution in [1.29, 1.82) is 0 Å². The van der Waals surface area contributed by atoms with E-state index >= 15 is 0 Å². The van der Waals surface area contributed by atoms with E-state index in [0.717, 1.165) is 12.1 Å². The van der Waals surface area contributed by atoms with Crippen LogP contribution in [0.3, 0.4) is 0 Å². The van der Waals surface area contributed by atoms with Gasteiger partial charge in [-0.05, 0) is 24.6 Å². The van der Waals surface area contributed by atoms with E-state index in [-0.39, 0.29) is 17.5 Å². The molecule has 7 nitrogen and oxygen atoms in total. The van der Waals surface area contributed by atoms with Crippen LogP contribution in [0.5, 0.6) is 5.75 Å². The molecule has 0 bridgehead atoms. The van der Waals surface area contributed by atoms with Gasteiger partial charge in [-0.15, -0.1) is 0 Å². The predicted octanol–water partition coefficient (Wildman–Crippen LogP) is 1.98. The number of nitrogens with one attached hydrogen (secondary N) is 1. The maximum Gasteiger partial charge on any atom is 0.310 e. The van der Waals surface area contributed by atoms with Gasteiger partial charge in [-0.3, -0.25) is 14.8 Å². The molecule has 1 atom stereocenters. The number of rotatable bonds is 7. The van der Waals surface area contributed by atoms with Crippen LogP contribution in [0.2, 0.25) is 0 Å². The number of hydrogen-bond donors (Lipinski definition) is 1. The van der Waals surface area contributed by atoms with Crippen molar-refractivity contribution < 1.29 is 9.66 Å². The number of nitro groups is 1. The molecule has 0 aliphatic heterocycles. The lowest BCUT2D eigenvalue weighted by atomic mass is 10.1. The molecular formula is C14H18N4O3. The number of hydrogen-bond acceptors (Lipinski definition) is 5. The van der Waals surface area contributed by atoms with Gasteiger partial charge in [-0.1, -0.05) is 6.07 Å². The zero-order valence-electron chi connectivity index (χ0n) is 12.0. The summed E-state index contributed by atoms with van der Waals surface area (Å²) in [7, 11) is 1.43. The summed E-state index contributed by atoms with van der Waals surface area (Å²) in [6.45, 7) is 3.43. The highest BCUT2D eigenvalue weighted by atomic mass is 16.6. The topological polar surface area (TPSA) is 82.2 Å². The maximum atomic E-state index is 10.8. The fourth-order valence-electron chi connectivity index (χ4n) is 2.03. The van der Waals surface area contributed by atoms with Crippen molar-refractivity contribution in [2.75, 3.05) is 7.11 Å². The van der Waals surface area contributed by atoms with Gasteiger partial charge in [0.15, 0.2) is 5.75 Å². The van der Waals surface area contributed by atoms with Gasteiger partial charge in [0.25, 0.3) is 0 Å². The molecule has 0 fully saturated rings. The van der Waals surface area contributed by atoms with E-state index in [4.69, 9.17) is 4.74 Å². The van der Waals surface area contributed by atoms with Gasteiger partial charge >= 0.3 is 5.69 Å². The number of nitro benzene ring substituents is 1. The van der Waals surface area contributed by atoms with Crippen molar-refractivity contribution in [2.45, 2.75) is 26.1 Å². The Morgan fingerprint density at radius 1 is 1.52 bits per heavy atom. The lowest BCUT2D eigenvalue weighted by molar-refractivity contribution is -0.385. The number of methoxy groups -OCH3 is 1. The van der Waals surface area contributed by atoms with Crippen molar-refractivity contribution in [1.82, 2.24) is 15.1 Å². The average molecular weight is 290 g/mol. The van der Waals surface area contributed by atoms with Crippen LogP contribution < -0.4 is 10.1 Å². The molecule has 1 aromatic heterocycles. The van der Waals surface area contributed by atoms with Crippen LogP contribution >= 0.6 is 0 Å². The molecule has 1 aromatic carbocycles. The van der Waals surface area contributed by atoms with Crippen LogP contribution in [-0.4, -0.2) is 27.9 Å². The summed E-state index contributed by atoms with van der Waals surface area (Å²) in [5, 5.41) is 18.3. The Kier molecular flexibility index (Phi) is 4.89. The fraction of sp³-hybridized carbons (Fsp3) is 0.357. The van der Waals surface area contributed by atoms with Gasteiger partial charge < -0.3 is 10.1 Å². The van der Waals surface area contributed by atoms with E-state index in [1.165, 1.54) is 13.2 Å². The summed E-state index contributed by atoms with van der Waals surface area (Å²) >= 11 is 0. The summed E-state index contributed by atoms with van der Waals surface area (Å²) < 4.78 is 6.91. The molecule has 0 unspecified atom stereocenters. The van der Waals surface area contributed by atoms with Gasteiger partial charge in [0.05, 0.1) is 18.6 Å². The molecule has 1 heterocycles. The minimum atomic E-state index is -0.448. The van der Waals surface area contributed by atoms with E-state index in [2.05, 4.69) is 17.3 Å².